The summed E-state index contributed by atoms with van der Waals surface area (Å²) in [6.45, 7) is 3.67. The second-order valence-corrected chi connectivity index (χ2v) is 12.2. The number of benzene rings is 3. The Labute approximate surface area is 252 Å². The van der Waals surface area contributed by atoms with Crippen LogP contribution in [-0.4, -0.2) is 35.2 Å². The molecule has 0 bridgehead atoms. The zero-order valence-corrected chi connectivity index (χ0v) is 24.9. The van der Waals surface area contributed by atoms with Crippen molar-refractivity contribution < 1.29 is 23.9 Å². The van der Waals surface area contributed by atoms with Gasteiger partial charge in [-0.1, -0.05) is 58.7 Å². The summed E-state index contributed by atoms with van der Waals surface area (Å²) in [5, 5.41) is 0.626. The van der Waals surface area contributed by atoms with E-state index in [1.807, 2.05) is 25.1 Å². The quantitative estimate of drug-likeness (QED) is 0.131. The summed E-state index contributed by atoms with van der Waals surface area (Å²) in [5.41, 5.74) is 4.10. The molecular weight excluding hydrogens is 596 g/mol. The lowest BCUT2D eigenvalue weighted by molar-refractivity contribution is -0.122. The van der Waals surface area contributed by atoms with Gasteiger partial charge in [-0.05, 0) is 74.6 Å². The Morgan fingerprint density at radius 3 is 2.38 bits per heavy atom. The Hall–Kier alpha value is -4.17. The fourth-order valence-corrected chi connectivity index (χ4v) is 6.27. The lowest BCUT2D eigenvalue weighted by atomic mass is 9.76. The first kappa shape index (κ1) is 28.0. The van der Waals surface area contributed by atoms with Gasteiger partial charge in [0.1, 0.15) is 0 Å². The number of nitrogens with zero attached hydrogens (tertiary/aromatic N) is 2. The molecule has 0 unspecified atom stereocenters. The van der Waals surface area contributed by atoms with Crippen molar-refractivity contribution in [1.82, 2.24) is 4.98 Å². The molecule has 0 spiro atoms. The highest BCUT2D eigenvalue weighted by atomic mass is 79.9. The van der Waals surface area contributed by atoms with Crippen LogP contribution >= 0.6 is 15.9 Å². The normalized spacial score (nSPS) is 20.1. The molecule has 4 aromatic rings. The molecule has 6 rings (SSSR count). The van der Waals surface area contributed by atoms with Crippen molar-refractivity contribution in [2.24, 2.45) is 17.8 Å². The van der Waals surface area contributed by atoms with Crippen molar-refractivity contribution in [3.8, 4) is 11.3 Å². The molecule has 1 saturated carbocycles. The molecule has 1 aliphatic heterocycles. The number of aryl methyl sites for hydroxylation is 1. The lowest BCUT2D eigenvalue weighted by Crippen LogP contribution is -2.30. The average molecular weight is 626 g/mol. The largest absolute Gasteiger partial charge is 0.454 e. The second-order valence-electron chi connectivity index (χ2n) is 11.3. The van der Waals surface area contributed by atoms with Gasteiger partial charge < -0.3 is 4.74 Å². The molecule has 0 radical (unpaired) electrons. The first-order valence-electron chi connectivity index (χ1n) is 14.0. The molecule has 2 heterocycles. The number of rotatable bonds is 6. The van der Waals surface area contributed by atoms with Crippen LogP contribution in [0.3, 0.4) is 0 Å². The van der Waals surface area contributed by atoms with E-state index in [9.17, 15) is 19.2 Å². The van der Waals surface area contributed by atoms with E-state index in [1.54, 1.807) is 54.6 Å². The highest BCUT2D eigenvalue weighted by molar-refractivity contribution is 9.10. The van der Waals surface area contributed by atoms with Gasteiger partial charge in [0.2, 0.25) is 11.8 Å². The molecule has 1 aliphatic carbocycles. The van der Waals surface area contributed by atoms with Gasteiger partial charge in [0.25, 0.3) is 0 Å². The number of imide groups is 1. The zero-order chi connectivity index (χ0) is 29.5. The van der Waals surface area contributed by atoms with E-state index in [4.69, 9.17) is 9.72 Å². The predicted octanol–water partition coefficient (Wildman–Crippen LogP) is 6.94. The number of Topliss-reactive ketones (excluding diaryl/α,β-unsaturated/α-hetero) is 1. The van der Waals surface area contributed by atoms with Crippen molar-refractivity contribution in [2.45, 2.75) is 33.1 Å². The van der Waals surface area contributed by atoms with E-state index in [-0.39, 0.29) is 29.4 Å². The number of anilines is 1. The van der Waals surface area contributed by atoms with Crippen LogP contribution in [0.2, 0.25) is 0 Å². The Kier molecular flexibility index (Phi) is 7.49. The molecule has 7 nitrogen and oxygen atoms in total. The van der Waals surface area contributed by atoms with Gasteiger partial charge in [-0.3, -0.25) is 19.3 Å². The number of ether oxygens (including phenoxy) is 1. The van der Waals surface area contributed by atoms with Gasteiger partial charge in [-0.2, -0.15) is 0 Å². The smallest absolute Gasteiger partial charge is 0.339 e. The third-order valence-electron chi connectivity index (χ3n) is 8.29. The highest BCUT2D eigenvalue weighted by Crippen LogP contribution is 2.42. The number of aromatic nitrogens is 1. The molecule has 42 heavy (non-hydrogen) atoms. The summed E-state index contributed by atoms with van der Waals surface area (Å²) in [5.74, 6) is -1.20. The number of hydrogen-bond acceptors (Lipinski definition) is 6. The van der Waals surface area contributed by atoms with Crippen LogP contribution < -0.4 is 4.90 Å². The van der Waals surface area contributed by atoms with Crippen LogP contribution in [0.15, 0.2) is 77.3 Å². The van der Waals surface area contributed by atoms with E-state index >= 15 is 0 Å². The van der Waals surface area contributed by atoms with Gasteiger partial charge in [0.15, 0.2) is 12.4 Å². The maximum atomic E-state index is 13.3. The van der Waals surface area contributed by atoms with E-state index in [2.05, 4.69) is 22.9 Å². The molecule has 3 aromatic carbocycles. The predicted molar refractivity (Wildman–Crippen MR) is 163 cm³/mol. The van der Waals surface area contributed by atoms with Gasteiger partial charge >= 0.3 is 5.97 Å². The van der Waals surface area contributed by atoms with E-state index < -0.39 is 12.6 Å². The summed E-state index contributed by atoms with van der Waals surface area (Å²) < 4.78 is 6.32. The van der Waals surface area contributed by atoms with Crippen molar-refractivity contribution in [3.63, 3.8) is 0 Å². The summed E-state index contributed by atoms with van der Waals surface area (Å²) in [6.07, 6.45) is 2.46. The standard InChI is InChI=1S/C34H29BrN2O5/c1-19-3-13-25-27(16-19)33(40)37(32(25)39)24-11-7-21(8-12-24)30-17-28(26-15-20(2)4-14-29(26)36-30)34(41)42-18-31(38)22-5-9-23(35)10-6-22/h4-12,14-15,17,19,25,27H,3,13,16,18H2,1-2H3/t19-,25-,27-/m1/s1. The van der Waals surface area contributed by atoms with Crippen molar-refractivity contribution >= 4 is 56.1 Å². The minimum atomic E-state index is -0.624. The van der Waals surface area contributed by atoms with Crippen molar-refractivity contribution in [1.29, 1.82) is 0 Å². The van der Waals surface area contributed by atoms with Gasteiger partial charge in [-0.15, -0.1) is 0 Å². The summed E-state index contributed by atoms with van der Waals surface area (Å²) in [7, 11) is 0. The first-order valence-corrected chi connectivity index (χ1v) is 14.8. The van der Waals surface area contributed by atoms with Crippen LogP contribution in [0, 0.1) is 24.7 Å². The number of ketones is 1. The number of fused-ring (bicyclic) bond motifs is 2. The lowest BCUT2D eigenvalue weighted by Gasteiger charge is -2.25. The molecule has 0 N–H and O–H groups in total. The molecule has 2 aliphatic rings. The summed E-state index contributed by atoms with van der Waals surface area (Å²) in [6, 6.07) is 21.3. The minimum Gasteiger partial charge on any atom is -0.454 e. The Morgan fingerprint density at radius 2 is 1.64 bits per heavy atom. The van der Waals surface area contributed by atoms with E-state index in [0.717, 1.165) is 29.3 Å². The Bertz CT molecular complexity index is 1730. The van der Waals surface area contributed by atoms with Gasteiger partial charge in [-0.25, -0.2) is 9.78 Å². The number of hydrogen-bond donors (Lipinski definition) is 0. The van der Waals surface area contributed by atoms with Crippen LogP contribution in [0.25, 0.3) is 22.2 Å². The third kappa shape index (κ3) is 5.27. The zero-order valence-electron chi connectivity index (χ0n) is 23.3. The van der Waals surface area contributed by atoms with Gasteiger partial charge in [0.05, 0.1) is 34.3 Å². The van der Waals surface area contributed by atoms with Gasteiger partial charge in [0, 0.05) is 21.0 Å². The number of halogens is 1. The molecule has 8 heteroatoms. The van der Waals surface area contributed by atoms with E-state index in [0.29, 0.717) is 44.9 Å². The van der Waals surface area contributed by atoms with Crippen molar-refractivity contribution in [2.75, 3.05) is 11.5 Å². The third-order valence-corrected chi connectivity index (χ3v) is 8.82. The van der Waals surface area contributed by atoms with E-state index in [1.165, 1.54) is 4.90 Å². The SMILES string of the molecule is Cc1ccc2nc(-c3ccc(N4C(=O)[C@@H]5CC[C@@H](C)C[C@H]5C4=O)cc3)cc(C(=O)OCC(=O)c3ccc(Br)cc3)c2c1. The topological polar surface area (TPSA) is 93.6 Å². The van der Waals surface area contributed by atoms with Crippen LogP contribution in [0.5, 0.6) is 0 Å². The molecule has 1 saturated heterocycles. The molecule has 212 valence electrons. The highest BCUT2D eigenvalue weighted by Gasteiger charge is 2.49. The number of esters is 1. The summed E-state index contributed by atoms with van der Waals surface area (Å²) in [4.78, 5) is 58.3. The molecule has 2 amide bonds. The Balaban J connectivity index is 1.27. The summed E-state index contributed by atoms with van der Waals surface area (Å²) >= 11 is 3.35. The van der Waals surface area contributed by atoms with Crippen LogP contribution in [0.1, 0.15) is 52.5 Å². The number of carbonyl (C=O) groups is 4. The van der Waals surface area contributed by atoms with Crippen molar-refractivity contribution in [3.05, 3.63) is 94.0 Å². The second kappa shape index (κ2) is 11.2. The number of carbonyl (C=O) groups excluding carboxylic acids is 4. The number of amides is 2. The Morgan fingerprint density at radius 1 is 0.929 bits per heavy atom. The fourth-order valence-electron chi connectivity index (χ4n) is 6.01. The molecule has 3 atom stereocenters. The maximum absolute atomic E-state index is 13.3. The number of pyridine rings is 1. The van der Waals surface area contributed by atoms with Crippen LogP contribution in [0.4, 0.5) is 5.69 Å². The molecule has 1 aromatic heterocycles. The van der Waals surface area contributed by atoms with Crippen LogP contribution in [-0.2, 0) is 14.3 Å². The maximum Gasteiger partial charge on any atom is 0.339 e. The minimum absolute atomic E-state index is 0.119. The fraction of sp³-hybridized carbons (Fsp3) is 0.265. The monoisotopic (exact) mass is 624 g/mol. The molecule has 2 fully saturated rings. The first-order chi connectivity index (χ1) is 20.2. The average Bonchev–Trinajstić information content (AvgIpc) is 3.24. The molecular formula is C34H29BrN2O5.